The summed E-state index contributed by atoms with van der Waals surface area (Å²) in [6, 6.07) is 10.9. The number of hydrogen-bond donors (Lipinski definition) is 1. The quantitative estimate of drug-likeness (QED) is 0.511. The van der Waals surface area contributed by atoms with Gasteiger partial charge >= 0.3 is 12.1 Å². The van der Waals surface area contributed by atoms with Crippen molar-refractivity contribution in [3.8, 4) is 0 Å². The molecule has 2 aliphatic rings. The van der Waals surface area contributed by atoms with E-state index < -0.39 is 17.9 Å². The van der Waals surface area contributed by atoms with Crippen LogP contribution in [0.3, 0.4) is 0 Å². The smallest absolute Gasteiger partial charge is 0.414 e. The number of ether oxygens (including phenoxy) is 2. The fourth-order valence-corrected chi connectivity index (χ4v) is 3.98. The SMILES string of the molecule is CC[C@H]1CN(c2ccc(N3CCN(C(=O)COC(=O)c4ccc(N)cc4)CC3)c(F)c2)C(=O)O1. The number of piperazine rings is 1. The van der Waals surface area contributed by atoms with Crippen LogP contribution in [0.25, 0.3) is 0 Å². The van der Waals surface area contributed by atoms with Crippen molar-refractivity contribution in [2.75, 3.05) is 54.9 Å². The molecular weight excluding hydrogens is 443 g/mol. The van der Waals surface area contributed by atoms with Gasteiger partial charge in [0.1, 0.15) is 11.9 Å². The summed E-state index contributed by atoms with van der Waals surface area (Å²) in [5.74, 6) is -1.35. The lowest BCUT2D eigenvalue weighted by atomic mass is 10.2. The van der Waals surface area contributed by atoms with Crippen molar-refractivity contribution in [3.05, 3.63) is 53.8 Å². The highest BCUT2D eigenvalue weighted by molar-refractivity contribution is 5.92. The molecule has 10 heteroatoms. The predicted octanol–water partition coefficient (Wildman–Crippen LogP) is 2.65. The minimum atomic E-state index is -0.596. The topological polar surface area (TPSA) is 105 Å². The second kappa shape index (κ2) is 9.98. The first-order valence-electron chi connectivity index (χ1n) is 11.2. The van der Waals surface area contributed by atoms with Crippen LogP contribution >= 0.6 is 0 Å². The number of nitrogens with zero attached hydrogens (tertiary/aromatic N) is 3. The Labute approximate surface area is 196 Å². The number of nitrogens with two attached hydrogens (primary N) is 1. The molecule has 0 spiro atoms. The lowest BCUT2D eigenvalue weighted by molar-refractivity contribution is -0.134. The van der Waals surface area contributed by atoms with Gasteiger partial charge in [-0.15, -0.1) is 0 Å². The monoisotopic (exact) mass is 470 g/mol. The van der Waals surface area contributed by atoms with E-state index in [-0.39, 0.29) is 18.6 Å². The fraction of sp³-hybridized carbons (Fsp3) is 0.375. The predicted molar refractivity (Wildman–Crippen MR) is 124 cm³/mol. The number of halogens is 1. The average molecular weight is 471 g/mol. The number of benzene rings is 2. The Kier molecular flexibility index (Phi) is 6.85. The third-order valence-electron chi connectivity index (χ3n) is 6.02. The van der Waals surface area contributed by atoms with Crippen molar-refractivity contribution < 1.29 is 28.2 Å². The first-order valence-corrected chi connectivity index (χ1v) is 11.2. The van der Waals surface area contributed by atoms with Crippen LogP contribution < -0.4 is 15.5 Å². The lowest BCUT2D eigenvalue weighted by Crippen LogP contribution is -2.50. The Morgan fingerprint density at radius 3 is 2.44 bits per heavy atom. The second-order valence-corrected chi connectivity index (χ2v) is 8.23. The van der Waals surface area contributed by atoms with Crippen LogP contribution in [0.4, 0.5) is 26.2 Å². The Morgan fingerprint density at radius 1 is 1.12 bits per heavy atom. The number of nitrogen functional groups attached to an aromatic ring is 1. The molecule has 1 atom stereocenters. The average Bonchev–Trinajstić information content (AvgIpc) is 3.23. The molecule has 2 N–H and O–H groups in total. The highest BCUT2D eigenvalue weighted by Gasteiger charge is 2.32. The Morgan fingerprint density at radius 2 is 1.82 bits per heavy atom. The lowest BCUT2D eigenvalue weighted by Gasteiger charge is -2.36. The van der Waals surface area contributed by atoms with Crippen molar-refractivity contribution >= 4 is 35.0 Å². The molecule has 0 aliphatic carbocycles. The van der Waals surface area contributed by atoms with Gasteiger partial charge < -0.3 is 25.0 Å². The van der Waals surface area contributed by atoms with Gasteiger partial charge in [0.2, 0.25) is 0 Å². The zero-order chi connectivity index (χ0) is 24.2. The van der Waals surface area contributed by atoms with Gasteiger partial charge in [-0.3, -0.25) is 9.69 Å². The summed E-state index contributed by atoms with van der Waals surface area (Å²) >= 11 is 0. The Bertz CT molecular complexity index is 1070. The van der Waals surface area contributed by atoms with Gasteiger partial charge in [-0.25, -0.2) is 14.0 Å². The van der Waals surface area contributed by atoms with Gasteiger partial charge in [-0.1, -0.05) is 6.92 Å². The van der Waals surface area contributed by atoms with E-state index in [4.69, 9.17) is 15.2 Å². The molecule has 2 fully saturated rings. The zero-order valence-corrected chi connectivity index (χ0v) is 18.9. The molecule has 4 rings (SSSR count). The molecule has 180 valence electrons. The largest absolute Gasteiger partial charge is 0.452 e. The summed E-state index contributed by atoms with van der Waals surface area (Å²) in [5.41, 5.74) is 7.31. The van der Waals surface area contributed by atoms with Crippen molar-refractivity contribution in [1.29, 1.82) is 0 Å². The maximum absolute atomic E-state index is 14.9. The van der Waals surface area contributed by atoms with Crippen molar-refractivity contribution in [3.63, 3.8) is 0 Å². The van der Waals surface area contributed by atoms with E-state index in [2.05, 4.69) is 0 Å². The number of rotatable bonds is 6. The van der Waals surface area contributed by atoms with Gasteiger partial charge in [0.05, 0.1) is 23.5 Å². The third-order valence-corrected chi connectivity index (χ3v) is 6.02. The molecule has 2 aromatic rings. The van der Waals surface area contributed by atoms with Gasteiger partial charge in [0.15, 0.2) is 6.61 Å². The number of hydrogen-bond acceptors (Lipinski definition) is 7. The third kappa shape index (κ3) is 5.05. The van der Waals surface area contributed by atoms with Crippen molar-refractivity contribution in [2.24, 2.45) is 0 Å². The van der Waals surface area contributed by atoms with E-state index in [1.165, 1.54) is 23.1 Å². The van der Waals surface area contributed by atoms with E-state index in [1.54, 1.807) is 29.2 Å². The normalized spacial score (nSPS) is 18.1. The molecule has 0 aromatic heterocycles. The molecule has 2 heterocycles. The van der Waals surface area contributed by atoms with Crippen LogP contribution in [-0.4, -0.2) is 68.3 Å². The summed E-state index contributed by atoms with van der Waals surface area (Å²) in [5, 5.41) is 0. The summed E-state index contributed by atoms with van der Waals surface area (Å²) in [6.07, 6.45) is 0.0432. The summed E-state index contributed by atoms with van der Waals surface area (Å²) < 4.78 is 25.2. The van der Waals surface area contributed by atoms with Crippen LogP contribution in [0.1, 0.15) is 23.7 Å². The van der Waals surface area contributed by atoms with Gasteiger partial charge in [0.25, 0.3) is 5.91 Å². The van der Waals surface area contributed by atoms with E-state index in [9.17, 15) is 18.8 Å². The van der Waals surface area contributed by atoms with Crippen LogP contribution in [-0.2, 0) is 14.3 Å². The maximum Gasteiger partial charge on any atom is 0.414 e. The Balaban J connectivity index is 1.29. The molecule has 2 aromatic carbocycles. The highest BCUT2D eigenvalue weighted by Crippen LogP contribution is 2.29. The number of amides is 2. The Hall–Kier alpha value is -3.82. The number of esters is 1. The van der Waals surface area contributed by atoms with Crippen molar-refractivity contribution in [2.45, 2.75) is 19.4 Å². The minimum absolute atomic E-state index is 0.188. The number of carbonyl (C=O) groups is 3. The van der Waals surface area contributed by atoms with Gasteiger partial charge in [-0.05, 0) is 48.9 Å². The standard InChI is InChI=1S/C24H27FN4O5/c1-2-19-14-29(24(32)34-19)18-7-8-21(20(25)13-18)27-9-11-28(12-10-27)22(30)15-33-23(31)16-3-5-17(26)6-4-16/h3-8,13,19H,2,9-12,14-15,26H2,1H3/t19-/m0/s1. The highest BCUT2D eigenvalue weighted by atomic mass is 19.1. The van der Waals surface area contributed by atoms with Crippen LogP contribution in [0.15, 0.2) is 42.5 Å². The van der Waals surface area contributed by atoms with E-state index in [0.29, 0.717) is 61.8 Å². The number of carbonyl (C=O) groups excluding carboxylic acids is 3. The first-order chi connectivity index (χ1) is 16.4. The second-order valence-electron chi connectivity index (χ2n) is 8.23. The van der Waals surface area contributed by atoms with Gasteiger partial charge in [0, 0.05) is 31.9 Å². The van der Waals surface area contributed by atoms with Crippen LogP contribution in [0.2, 0.25) is 0 Å². The number of cyclic esters (lactones) is 1. The summed E-state index contributed by atoms with van der Waals surface area (Å²) in [6.45, 7) is 3.56. The molecule has 9 nitrogen and oxygen atoms in total. The first kappa shape index (κ1) is 23.3. The molecule has 0 bridgehead atoms. The minimum Gasteiger partial charge on any atom is -0.452 e. The van der Waals surface area contributed by atoms with E-state index in [1.807, 2.05) is 11.8 Å². The summed E-state index contributed by atoms with van der Waals surface area (Å²) in [7, 11) is 0. The zero-order valence-electron chi connectivity index (χ0n) is 18.9. The van der Waals surface area contributed by atoms with Crippen LogP contribution in [0.5, 0.6) is 0 Å². The van der Waals surface area contributed by atoms with Gasteiger partial charge in [-0.2, -0.15) is 0 Å². The molecule has 2 saturated heterocycles. The number of anilines is 3. The van der Waals surface area contributed by atoms with E-state index >= 15 is 0 Å². The summed E-state index contributed by atoms with van der Waals surface area (Å²) in [4.78, 5) is 41.4. The van der Waals surface area contributed by atoms with E-state index in [0.717, 1.165) is 0 Å². The van der Waals surface area contributed by atoms with Crippen LogP contribution in [0, 0.1) is 5.82 Å². The molecule has 0 radical (unpaired) electrons. The molecular formula is C24H27FN4O5. The molecule has 0 saturated carbocycles. The maximum atomic E-state index is 14.9. The fourth-order valence-electron chi connectivity index (χ4n) is 3.98. The molecule has 2 aliphatic heterocycles. The van der Waals surface area contributed by atoms with Crippen molar-refractivity contribution in [1.82, 2.24) is 4.90 Å². The molecule has 2 amide bonds. The molecule has 34 heavy (non-hydrogen) atoms. The molecule has 0 unspecified atom stereocenters.